The van der Waals surface area contributed by atoms with E-state index in [2.05, 4.69) is 22.7 Å². The van der Waals surface area contributed by atoms with Gasteiger partial charge in [0.25, 0.3) is 5.91 Å². The maximum absolute atomic E-state index is 11.5. The average molecular weight is 293 g/mol. The highest BCUT2D eigenvalue weighted by molar-refractivity contribution is 6.30. The van der Waals surface area contributed by atoms with Crippen LogP contribution in [-0.4, -0.2) is 18.7 Å². The van der Waals surface area contributed by atoms with E-state index in [1.807, 2.05) is 0 Å². The van der Waals surface area contributed by atoms with Crippen molar-refractivity contribution >= 4 is 23.7 Å². The second-order valence-corrected chi connectivity index (χ2v) is 5.04. The first kappa shape index (κ1) is 14.6. The number of hydrogen-bond donors (Lipinski definition) is 1. The molecule has 0 aliphatic heterocycles. The van der Waals surface area contributed by atoms with Gasteiger partial charge >= 0.3 is 0 Å². The van der Waals surface area contributed by atoms with Crippen LogP contribution < -0.4 is 10.2 Å². The molecule has 0 radical (unpaired) electrons. The summed E-state index contributed by atoms with van der Waals surface area (Å²) >= 11 is 5.76. The van der Waals surface area contributed by atoms with E-state index >= 15 is 0 Å². The monoisotopic (exact) mass is 292 g/mol. The molecule has 0 spiro atoms. The molecule has 1 N–H and O–H groups in total. The highest BCUT2D eigenvalue weighted by atomic mass is 35.5. The van der Waals surface area contributed by atoms with Crippen LogP contribution in [0.4, 0.5) is 0 Å². The van der Waals surface area contributed by atoms with Gasteiger partial charge in [-0.15, -0.1) is 0 Å². The number of allylic oxidation sites excluding steroid dienone is 2. The molecule has 0 fully saturated rings. The molecule has 0 saturated heterocycles. The van der Waals surface area contributed by atoms with Crippen molar-refractivity contribution in [2.45, 2.75) is 19.3 Å². The topological polar surface area (TPSA) is 50.7 Å². The minimum Gasteiger partial charge on any atom is -0.484 e. The van der Waals surface area contributed by atoms with Crippen molar-refractivity contribution in [3.63, 3.8) is 0 Å². The fraction of sp³-hybridized carbons (Fsp3) is 0.333. The second-order valence-electron chi connectivity index (χ2n) is 4.60. The lowest BCUT2D eigenvalue weighted by Gasteiger charge is -2.11. The lowest BCUT2D eigenvalue weighted by molar-refractivity contribution is -0.123. The Labute approximate surface area is 123 Å². The minimum atomic E-state index is -0.275. The maximum Gasteiger partial charge on any atom is 0.277 e. The van der Waals surface area contributed by atoms with E-state index in [9.17, 15) is 4.79 Å². The number of hydrazone groups is 1. The highest BCUT2D eigenvalue weighted by Gasteiger charge is 2.07. The van der Waals surface area contributed by atoms with Crippen LogP contribution >= 0.6 is 11.6 Å². The van der Waals surface area contributed by atoms with E-state index in [0.717, 1.165) is 19.3 Å². The molecule has 0 bridgehead atoms. The molecule has 0 heterocycles. The minimum absolute atomic E-state index is 0.0659. The van der Waals surface area contributed by atoms with Crippen molar-refractivity contribution in [1.29, 1.82) is 0 Å². The zero-order valence-corrected chi connectivity index (χ0v) is 11.8. The molecule has 1 aliphatic carbocycles. The van der Waals surface area contributed by atoms with E-state index in [-0.39, 0.29) is 12.5 Å². The van der Waals surface area contributed by atoms with Gasteiger partial charge in [0.1, 0.15) is 5.75 Å². The first-order valence-corrected chi connectivity index (χ1v) is 6.97. The van der Waals surface area contributed by atoms with E-state index < -0.39 is 0 Å². The predicted molar refractivity (Wildman–Crippen MR) is 80.1 cm³/mol. The Bertz CT molecular complexity index is 497. The number of ether oxygens (including phenoxy) is 1. The zero-order valence-electron chi connectivity index (χ0n) is 11.1. The standard InChI is InChI=1S/C15H17ClN2O2/c16-13-6-8-14(9-7-13)20-11-15(19)18-17-10-12-4-2-1-3-5-12/h1-2,6-10,12H,3-5,11H2,(H,18,19)/b17-10-/t12-/m1/s1. The molecular formula is C15H17ClN2O2. The molecule has 0 aromatic heterocycles. The molecule has 0 saturated carbocycles. The second kappa shape index (κ2) is 7.70. The van der Waals surface area contributed by atoms with Gasteiger partial charge in [-0.1, -0.05) is 23.8 Å². The van der Waals surface area contributed by atoms with E-state index in [1.165, 1.54) is 0 Å². The molecule has 1 atom stereocenters. The summed E-state index contributed by atoms with van der Waals surface area (Å²) in [6.07, 6.45) is 9.25. The number of benzene rings is 1. The molecule has 1 aliphatic rings. The number of carbonyl (C=O) groups excluding carboxylic acids is 1. The summed E-state index contributed by atoms with van der Waals surface area (Å²) in [6.45, 7) is -0.0659. The van der Waals surface area contributed by atoms with Gasteiger partial charge in [-0.2, -0.15) is 5.10 Å². The van der Waals surface area contributed by atoms with Crippen molar-refractivity contribution in [2.24, 2.45) is 11.0 Å². The highest BCUT2D eigenvalue weighted by Crippen LogP contribution is 2.16. The van der Waals surface area contributed by atoms with Gasteiger partial charge in [-0.25, -0.2) is 5.43 Å². The lowest BCUT2D eigenvalue weighted by Crippen LogP contribution is -2.25. The third-order valence-electron chi connectivity index (χ3n) is 2.97. The molecule has 106 valence electrons. The fourth-order valence-corrected chi connectivity index (χ4v) is 2.01. The molecule has 20 heavy (non-hydrogen) atoms. The Kier molecular flexibility index (Phi) is 5.62. The summed E-state index contributed by atoms with van der Waals surface area (Å²) in [5.74, 6) is 0.742. The molecule has 0 unspecified atom stereocenters. The van der Waals surface area contributed by atoms with Gasteiger partial charge in [0.15, 0.2) is 6.61 Å². The van der Waals surface area contributed by atoms with Gasteiger partial charge in [0, 0.05) is 11.2 Å². The SMILES string of the molecule is O=C(COc1ccc(Cl)cc1)N/N=C\[C@@H]1CC=CCC1. The van der Waals surface area contributed by atoms with E-state index in [0.29, 0.717) is 16.7 Å². The summed E-state index contributed by atoms with van der Waals surface area (Å²) in [5, 5.41) is 4.59. The van der Waals surface area contributed by atoms with Crippen LogP contribution in [0.25, 0.3) is 0 Å². The Morgan fingerprint density at radius 1 is 1.40 bits per heavy atom. The van der Waals surface area contributed by atoms with Gasteiger partial charge in [0.2, 0.25) is 0 Å². The summed E-state index contributed by atoms with van der Waals surface area (Å²) in [4.78, 5) is 11.5. The van der Waals surface area contributed by atoms with Crippen molar-refractivity contribution in [3.8, 4) is 5.75 Å². The first-order chi connectivity index (χ1) is 9.74. The zero-order chi connectivity index (χ0) is 14.2. The van der Waals surface area contributed by atoms with Crippen LogP contribution in [0.5, 0.6) is 5.75 Å². The molecule has 2 rings (SSSR count). The summed E-state index contributed by atoms with van der Waals surface area (Å²) in [6, 6.07) is 6.85. The third kappa shape index (κ3) is 5.05. The number of halogens is 1. The Hall–Kier alpha value is -1.81. The van der Waals surface area contributed by atoms with Gasteiger partial charge in [-0.05, 0) is 49.4 Å². The molecule has 4 nitrogen and oxygen atoms in total. The van der Waals surface area contributed by atoms with Crippen LogP contribution in [0.1, 0.15) is 19.3 Å². The Morgan fingerprint density at radius 2 is 2.20 bits per heavy atom. The molecular weight excluding hydrogens is 276 g/mol. The lowest BCUT2D eigenvalue weighted by atomic mass is 9.96. The number of carbonyl (C=O) groups is 1. The summed E-state index contributed by atoms with van der Waals surface area (Å²) < 4.78 is 5.31. The number of nitrogens with zero attached hydrogens (tertiary/aromatic N) is 1. The van der Waals surface area contributed by atoms with E-state index in [4.69, 9.17) is 16.3 Å². The summed E-state index contributed by atoms with van der Waals surface area (Å²) in [7, 11) is 0. The van der Waals surface area contributed by atoms with Crippen LogP contribution in [0.15, 0.2) is 41.5 Å². The number of hydrogen-bond acceptors (Lipinski definition) is 3. The van der Waals surface area contributed by atoms with Gasteiger partial charge in [0.05, 0.1) is 0 Å². The first-order valence-electron chi connectivity index (χ1n) is 6.59. The quantitative estimate of drug-likeness (QED) is 0.515. The largest absolute Gasteiger partial charge is 0.484 e. The molecule has 1 amide bonds. The number of amides is 1. The predicted octanol–water partition coefficient (Wildman–Crippen LogP) is 3.18. The van der Waals surface area contributed by atoms with Crippen LogP contribution in [0.2, 0.25) is 5.02 Å². The van der Waals surface area contributed by atoms with Crippen molar-refractivity contribution in [3.05, 3.63) is 41.4 Å². The fourth-order valence-electron chi connectivity index (χ4n) is 1.88. The van der Waals surface area contributed by atoms with Crippen molar-refractivity contribution < 1.29 is 9.53 Å². The van der Waals surface area contributed by atoms with Crippen LogP contribution in [0, 0.1) is 5.92 Å². The van der Waals surface area contributed by atoms with E-state index in [1.54, 1.807) is 30.5 Å². The number of nitrogens with one attached hydrogen (secondary N) is 1. The molecule has 1 aromatic carbocycles. The third-order valence-corrected chi connectivity index (χ3v) is 3.22. The Balaban J connectivity index is 1.68. The van der Waals surface area contributed by atoms with Gasteiger partial charge < -0.3 is 4.74 Å². The van der Waals surface area contributed by atoms with Crippen LogP contribution in [-0.2, 0) is 4.79 Å². The number of rotatable bonds is 5. The molecule has 1 aromatic rings. The van der Waals surface area contributed by atoms with Gasteiger partial charge in [-0.3, -0.25) is 4.79 Å². The smallest absolute Gasteiger partial charge is 0.277 e. The van der Waals surface area contributed by atoms with Crippen molar-refractivity contribution in [2.75, 3.05) is 6.61 Å². The summed E-state index contributed by atoms with van der Waals surface area (Å²) in [5.41, 5.74) is 2.47. The average Bonchev–Trinajstić information content (AvgIpc) is 2.48. The van der Waals surface area contributed by atoms with Crippen LogP contribution in [0.3, 0.4) is 0 Å². The van der Waals surface area contributed by atoms with Crippen molar-refractivity contribution in [1.82, 2.24) is 5.43 Å². The molecule has 5 heteroatoms. The normalized spacial score (nSPS) is 18.1. The Morgan fingerprint density at radius 3 is 2.90 bits per heavy atom. The maximum atomic E-state index is 11.5.